The molecule has 4 rings (SSSR count). The molecule has 0 N–H and O–H groups in total. The number of fused-ring (bicyclic) bond motifs is 1. The fraction of sp³-hybridized carbons (Fsp3) is 0.320. The Morgan fingerprint density at radius 3 is 2.18 bits per heavy atom. The van der Waals surface area contributed by atoms with Crippen molar-refractivity contribution in [1.29, 1.82) is 0 Å². The average Bonchev–Trinajstić information content (AvgIpc) is 3.14. The van der Waals surface area contributed by atoms with Gasteiger partial charge in [-0.15, -0.1) is 13.2 Å². The lowest BCUT2D eigenvalue weighted by molar-refractivity contribution is -0.181. The normalized spacial score (nSPS) is 25.9. The molecule has 2 aromatic carbocycles. The minimum atomic E-state index is -0.704. The van der Waals surface area contributed by atoms with Crippen molar-refractivity contribution in [2.75, 3.05) is 6.61 Å². The number of nitrogens with zero attached hydrogens (tertiary/aromatic N) is 1. The summed E-state index contributed by atoms with van der Waals surface area (Å²) in [6, 6.07) is 20.3. The number of allylic oxidation sites excluding steroid dienone is 2. The van der Waals surface area contributed by atoms with E-state index in [1.54, 1.807) is 0 Å². The van der Waals surface area contributed by atoms with Crippen LogP contribution in [0.2, 0.25) is 0 Å². The number of ether oxygens (including phenoxy) is 1. The van der Waals surface area contributed by atoms with Crippen molar-refractivity contribution in [2.24, 2.45) is 5.41 Å². The molecule has 144 valence electrons. The van der Waals surface area contributed by atoms with E-state index >= 15 is 0 Å². The molecule has 2 aliphatic rings. The molecule has 2 heterocycles. The summed E-state index contributed by atoms with van der Waals surface area (Å²) in [6.07, 6.45) is 6.57. The topological polar surface area (TPSA) is 29.5 Å². The zero-order valence-electron chi connectivity index (χ0n) is 16.2. The fourth-order valence-electron chi connectivity index (χ4n) is 4.88. The van der Waals surface area contributed by atoms with Crippen LogP contribution in [0.4, 0.5) is 0 Å². The molecule has 0 aromatic heterocycles. The molecule has 0 radical (unpaired) electrons. The molecule has 2 fully saturated rings. The highest BCUT2D eigenvalue weighted by Crippen LogP contribution is 2.55. The van der Waals surface area contributed by atoms with Gasteiger partial charge >= 0.3 is 0 Å². The lowest BCUT2D eigenvalue weighted by atomic mass is 9.70. The highest BCUT2D eigenvalue weighted by molar-refractivity contribution is 5.85. The summed E-state index contributed by atoms with van der Waals surface area (Å²) in [5, 5.41) is 0. The summed E-state index contributed by atoms with van der Waals surface area (Å²) in [7, 11) is 0. The Balaban J connectivity index is 1.84. The summed E-state index contributed by atoms with van der Waals surface area (Å²) in [5.41, 5.74) is 0.974. The SMILES string of the molecule is C=CCC1(CC=C)CC[C@]2(c3ccccc3)OC[C@@H](c3ccccc3)N2C1=O. The summed E-state index contributed by atoms with van der Waals surface area (Å²) < 4.78 is 6.47. The second-order valence-electron chi connectivity index (χ2n) is 7.83. The first-order valence-corrected chi connectivity index (χ1v) is 9.97. The van der Waals surface area contributed by atoms with Crippen molar-refractivity contribution in [1.82, 2.24) is 4.90 Å². The first kappa shape index (κ1) is 18.7. The van der Waals surface area contributed by atoms with Gasteiger partial charge in [0.05, 0.1) is 18.1 Å². The summed E-state index contributed by atoms with van der Waals surface area (Å²) >= 11 is 0. The lowest BCUT2D eigenvalue weighted by Crippen LogP contribution is -2.57. The maximum atomic E-state index is 14.0. The highest BCUT2D eigenvalue weighted by Gasteiger charge is 2.59. The molecule has 0 unspecified atom stereocenters. The molecule has 1 amide bonds. The molecular weight excluding hydrogens is 346 g/mol. The second-order valence-corrected chi connectivity index (χ2v) is 7.83. The molecule has 0 aliphatic carbocycles. The standard InChI is InChI=1S/C25H27NO2/c1-3-15-24(16-4-2)17-18-25(21-13-9-6-10-14-21)26(23(24)27)22(19-28-25)20-11-7-5-8-12-20/h3-14,22H,1-2,15-19H2/t22-,25+/m0/s1. The van der Waals surface area contributed by atoms with Crippen molar-refractivity contribution < 1.29 is 9.53 Å². The Kier molecular flexibility index (Phi) is 4.94. The van der Waals surface area contributed by atoms with Gasteiger partial charge in [-0.05, 0) is 24.8 Å². The van der Waals surface area contributed by atoms with E-state index in [4.69, 9.17) is 4.74 Å². The van der Waals surface area contributed by atoms with Crippen LogP contribution in [0.3, 0.4) is 0 Å². The predicted octanol–water partition coefficient (Wildman–Crippen LogP) is 5.37. The van der Waals surface area contributed by atoms with Crippen LogP contribution in [0.15, 0.2) is 86.0 Å². The summed E-state index contributed by atoms with van der Waals surface area (Å²) in [5.74, 6) is 0.147. The average molecular weight is 373 g/mol. The molecule has 0 bridgehead atoms. The van der Waals surface area contributed by atoms with E-state index in [2.05, 4.69) is 37.4 Å². The van der Waals surface area contributed by atoms with Gasteiger partial charge in [0.1, 0.15) is 0 Å². The van der Waals surface area contributed by atoms with E-state index in [1.807, 2.05) is 53.5 Å². The number of hydrogen-bond donors (Lipinski definition) is 0. The number of benzene rings is 2. The first-order chi connectivity index (χ1) is 13.7. The fourth-order valence-corrected chi connectivity index (χ4v) is 4.88. The molecule has 3 nitrogen and oxygen atoms in total. The molecule has 2 saturated heterocycles. The Morgan fingerprint density at radius 1 is 0.964 bits per heavy atom. The smallest absolute Gasteiger partial charge is 0.232 e. The molecule has 3 heteroatoms. The van der Waals surface area contributed by atoms with Gasteiger partial charge in [0.15, 0.2) is 5.72 Å². The van der Waals surface area contributed by atoms with Crippen LogP contribution in [0.25, 0.3) is 0 Å². The molecule has 2 atom stereocenters. The van der Waals surface area contributed by atoms with Gasteiger partial charge in [0.25, 0.3) is 0 Å². The van der Waals surface area contributed by atoms with E-state index in [0.717, 1.165) is 24.0 Å². The molecule has 0 saturated carbocycles. The number of rotatable bonds is 6. The number of hydrogen-bond acceptors (Lipinski definition) is 2. The summed E-state index contributed by atoms with van der Waals surface area (Å²) in [4.78, 5) is 16.0. The molecule has 2 aliphatic heterocycles. The lowest BCUT2D eigenvalue weighted by Gasteiger charge is -2.50. The predicted molar refractivity (Wildman–Crippen MR) is 111 cm³/mol. The Morgan fingerprint density at radius 2 is 1.57 bits per heavy atom. The molecular formula is C25H27NO2. The Hall–Kier alpha value is -2.65. The van der Waals surface area contributed by atoms with E-state index in [-0.39, 0.29) is 11.9 Å². The largest absolute Gasteiger partial charge is 0.349 e. The zero-order chi connectivity index (χ0) is 19.6. The highest BCUT2D eigenvalue weighted by atomic mass is 16.5. The van der Waals surface area contributed by atoms with Crippen molar-refractivity contribution in [3.8, 4) is 0 Å². The van der Waals surface area contributed by atoms with Gasteiger partial charge in [-0.1, -0.05) is 72.8 Å². The van der Waals surface area contributed by atoms with Crippen LogP contribution in [0.1, 0.15) is 42.9 Å². The minimum absolute atomic E-state index is 0.0942. The van der Waals surface area contributed by atoms with Crippen LogP contribution in [0, 0.1) is 5.41 Å². The van der Waals surface area contributed by atoms with E-state index in [1.165, 1.54) is 0 Å². The quantitative estimate of drug-likeness (QED) is 0.637. The van der Waals surface area contributed by atoms with E-state index in [0.29, 0.717) is 19.4 Å². The third kappa shape index (κ3) is 2.82. The van der Waals surface area contributed by atoms with Gasteiger partial charge in [-0.25, -0.2) is 0 Å². The maximum Gasteiger partial charge on any atom is 0.232 e. The number of piperidine rings is 1. The van der Waals surface area contributed by atoms with Crippen LogP contribution in [-0.2, 0) is 15.3 Å². The summed E-state index contributed by atoms with van der Waals surface area (Å²) in [6.45, 7) is 8.34. The number of carbonyl (C=O) groups is 1. The van der Waals surface area contributed by atoms with Crippen molar-refractivity contribution >= 4 is 5.91 Å². The molecule has 0 spiro atoms. The van der Waals surface area contributed by atoms with Gasteiger partial charge in [0.2, 0.25) is 5.91 Å². The van der Waals surface area contributed by atoms with Gasteiger partial charge in [-0.3, -0.25) is 4.79 Å². The molecule has 28 heavy (non-hydrogen) atoms. The Bertz CT molecular complexity index is 851. The second kappa shape index (κ2) is 7.40. The van der Waals surface area contributed by atoms with Crippen LogP contribution >= 0.6 is 0 Å². The van der Waals surface area contributed by atoms with Gasteiger partial charge < -0.3 is 9.64 Å². The Labute approximate surface area is 167 Å². The van der Waals surface area contributed by atoms with Gasteiger partial charge in [0, 0.05) is 12.0 Å². The zero-order valence-corrected chi connectivity index (χ0v) is 16.2. The number of carbonyl (C=O) groups excluding carboxylic acids is 1. The van der Waals surface area contributed by atoms with Crippen LogP contribution < -0.4 is 0 Å². The third-order valence-electron chi connectivity index (χ3n) is 6.28. The van der Waals surface area contributed by atoms with E-state index in [9.17, 15) is 4.79 Å². The minimum Gasteiger partial charge on any atom is -0.349 e. The monoisotopic (exact) mass is 373 g/mol. The molecule has 2 aromatic rings. The van der Waals surface area contributed by atoms with E-state index < -0.39 is 11.1 Å². The van der Waals surface area contributed by atoms with Crippen molar-refractivity contribution in [2.45, 2.75) is 37.5 Å². The number of amides is 1. The first-order valence-electron chi connectivity index (χ1n) is 9.97. The van der Waals surface area contributed by atoms with Gasteiger partial charge in [-0.2, -0.15) is 0 Å². The van der Waals surface area contributed by atoms with Crippen LogP contribution in [0.5, 0.6) is 0 Å². The maximum absolute atomic E-state index is 14.0. The van der Waals surface area contributed by atoms with Crippen molar-refractivity contribution in [3.63, 3.8) is 0 Å². The van der Waals surface area contributed by atoms with Crippen molar-refractivity contribution in [3.05, 3.63) is 97.1 Å². The third-order valence-corrected chi connectivity index (χ3v) is 6.28. The van der Waals surface area contributed by atoms with Crippen LogP contribution in [-0.4, -0.2) is 17.4 Å².